The molecule has 21 aromatic carbocycles. The Morgan fingerprint density at radius 1 is 0.153 bits per heavy atom. The summed E-state index contributed by atoms with van der Waals surface area (Å²) in [5.41, 5.74) is 24.6. The maximum absolute atomic E-state index is 5.17. The van der Waals surface area contributed by atoms with Crippen molar-refractivity contribution in [2.24, 2.45) is 0 Å². The van der Waals surface area contributed by atoms with Crippen molar-refractivity contribution < 1.29 is 0 Å². The number of thiophene rings is 1. The lowest BCUT2D eigenvalue weighted by atomic mass is 9.91. The smallest absolute Gasteiger partial charge is 0.238 e. The maximum atomic E-state index is 5.17. The Hall–Kier alpha value is -18.2. The van der Waals surface area contributed by atoms with Gasteiger partial charge in [-0.25, -0.2) is 19.9 Å². The number of para-hydroxylation sites is 6. The third-order valence-electron chi connectivity index (χ3n) is 26.8. The van der Waals surface area contributed by atoms with Crippen LogP contribution >= 0.6 is 11.3 Å². The summed E-state index contributed by atoms with van der Waals surface area (Å²) in [6.45, 7) is 0. The van der Waals surface area contributed by atoms with Crippen LogP contribution in [0, 0.1) is 0 Å². The van der Waals surface area contributed by atoms with Crippen LogP contribution in [0.5, 0.6) is 0 Å². The molecule has 0 bridgehead atoms. The van der Waals surface area contributed by atoms with Gasteiger partial charge in [-0.05, 0) is 181 Å². The monoisotopic (exact) mass is 1760 g/mol. The second-order valence-corrected chi connectivity index (χ2v) is 35.8. The summed E-state index contributed by atoms with van der Waals surface area (Å²) < 4.78 is 12.0. The lowest BCUT2D eigenvalue weighted by molar-refractivity contribution is 0.953. The van der Waals surface area contributed by atoms with Crippen LogP contribution in [0.2, 0.25) is 0 Å². The minimum Gasteiger partial charge on any atom is -0.309 e. The molecule has 0 saturated heterocycles. The highest BCUT2D eigenvalue weighted by Gasteiger charge is 2.26. The fourth-order valence-corrected chi connectivity index (χ4v) is 21.8. The highest BCUT2D eigenvalue weighted by molar-refractivity contribution is 7.26. The number of aromatic nitrogens is 10. The molecule has 0 spiro atoms. The average molecular weight is 1770 g/mol. The first kappa shape index (κ1) is 79.8. The first-order chi connectivity index (χ1) is 68.0. The minimum atomic E-state index is 0.585. The molecular weight excluding hydrogens is 1690 g/mol. The van der Waals surface area contributed by atoms with E-state index >= 15 is 0 Å². The summed E-state index contributed by atoms with van der Waals surface area (Å²) in [5, 5.41) is 20.2. The highest BCUT2D eigenvalue weighted by Crippen LogP contribution is 2.47. The second kappa shape index (κ2) is 33.6. The number of benzene rings is 21. The molecule has 137 heavy (non-hydrogen) atoms. The summed E-state index contributed by atoms with van der Waals surface area (Å²) in [7, 11) is 0. The van der Waals surface area contributed by atoms with Gasteiger partial charge in [0.15, 0.2) is 29.1 Å². The van der Waals surface area contributed by atoms with E-state index in [0.717, 1.165) is 88.8 Å². The fourth-order valence-electron chi connectivity index (χ4n) is 20.5. The van der Waals surface area contributed by atoms with Crippen molar-refractivity contribution in [2.75, 3.05) is 0 Å². The molecule has 0 aliphatic carbocycles. The summed E-state index contributed by atoms with van der Waals surface area (Å²) in [6, 6.07) is 172. The summed E-state index contributed by atoms with van der Waals surface area (Å²) in [6.07, 6.45) is 0. The molecule has 0 amide bonds. The maximum Gasteiger partial charge on any atom is 0.238 e. The second-order valence-electron chi connectivity index (χ2n) is 34.7. The number of rotatable bonds is 12. The molecule has 0 N–H and O–H groups in total. The zero-order valence-electron chi connectivity index (χ0n) is 74.1. The van der Waals surface area contributed by atoms with E-state index in [1.807, 2.05) is 133 Å². The van der Waals surface area contributed by atoms with Crippen molar-refractivity contribution in [3.05, 3.63) is 485 Å². The van der Waals surface area contributed by atoms with E-state index in [4.69, 9.17) is 29.9 Å². The first-order valence-corrected chi connectivity index (χ1v) is 47.1. The van der Waals surface area contributed by atoms with E-state index in [2.05, 4.69) is 382 Å². The number of nitrogens with zero attached hydrogens (tertiary/aromatic N) is 10. The van der Waals surface area contributed by atoms with Gasteiger partial charge in [0.2, 0.25) is 5.95 Å². The fraction of sp³-hybridized carbons (Fsp3) is 0. The van der Waals surface area contributed by atoms with Crippen LogP contribution in [0.15, 0.2) is 485 Å². The molecule has 0 radical (unpaired) electrons. The molecule has 7 heterocycles. The van der Waals surface area contributed by atoms with Crippen molar-refractivity contribution in [3.63, 3.8) is 0 Å². The van der Waals surface area contributed by atoms with Gasteiger partial charge < -0.3 is 13.7 Å². The van der Waals surface area contributed by atoms with Crippen molar-refractivity contribution >= 4 is 151 Å². The predicted octanol–water partition coefficient (Wildman–Crippen LogP) is 33.0. The van der Waals surface area contributed by atoms with E-state index in [-0.39, 0.29) is 0 Å². The van der Waals surface area contributed by atoms with Crippen LogP contribution in [-0.2, 0) is 0 Å². The third-order valence-corrected chi connectivity index (χ3v) is 28.0. The Labute approximate surface area is 792 Å². The molecule has 640 valence electrons. The first-order valence-electron chi connectivity index (χ1n) is 46.3. The van der Waals surface area contributed by atoms with Gasteiger partial charge in [-0.15, -0.1) is 11.3 Å². The van der Waals surface area contributed by atoms with E-state index in [9.17, 15) is 0 Å². The van der Waals surface area contributed by atoms with Crippen LogP contribution in [-0.4, -0.2) is 48.2 Å². The molecule has 7 aromatic heterocycles. The normalized spacial score (nSPS) is 11.6. The van der Waals surface area contributed by atoms with Gasteiger partial charge in [-0.1, -0.05) is 370 Å². The number of hydrogen-bond donors (Lipinski definition) is 0. The van der Waals surface area contributed by atoms with Crippen molar-refractivity contribution in [1.29, 1.82) is 0 Å². The van der Waals surface area contributed by atoms with Crippen molar-refractivity contribution in [1.82, 2.24) is 48.2 Å². The van der Waals surface area contributed by atoms with E-state index in [1.54, 1.807) is 0 Å². The zero-order chi connectivity index (χ0) is 90.4. The molecule has 11 heteroatoms. The van der Waals surface area contributed by atoms with Gasteiger partial charge in [0.25, 0.3) is 0 Å². The van der Waals surface area contributed by atoms with Crippen molar-refractivity contribution in [2.45, 2.75) is 0 Å². The number of fused-ring (bicyclic) bond motifs is 22. The van der Waals surface area contributed by atoms with Gasteiger partial charge in [-0.2, -0.15) is 9.97 Å². The molecule has 0 atom stereocenters. The van der Waals surface area contributed by atoms with Crippen LogP contribution in [0.25, 0.3) is 253 Å². The average Bonchev–Trinajstić information content (AvgIpc) is 1.53. The Balaban J connectivity index is 0.000000109. The molecule has 28 rings (SSSR count). The molecule has 0 unspecified atom stereocenters. The van der Waals surface area contributed by atoms with Crippen LogP contribution in [0.1, 0.15) is 0 Å². The van der Waals surface area contributed by atoms with E-state index < -0.39 is 0 Å². The van der Waals surface area contributed by atoms with Crippen LogP contribution in [0.3, 0.4) is 0 Å². The standard InChI is InChI=1S/C51H33N5.C39H25N5.C36H22S/c1-4-14-34(15-5-1)49-52-50(35-16-6-2-7-17-35)54-51(53-49)36-24-28-40(29-25-36)56-46-23-13-11-21-42(46)44-33-38(27-31-48(44)56)37-26-30-47-43(32-37)41-20-10-12-22-45(41)55(47)39-18-8-3-9-19-39;1-4-14-26(15-5-1)37-40-38(27-16-6-2-7-17-27)42-39(41-37)44-34-23-13-11-21-30(34)32-25-24-31-29-20-10-12-22-33(29)43(35(31)36(32)44)28-18-8-3-9-19-28;1-2-13-29-27(11-1)28-12-3-4-14-30(28)34-22-24(19-20-31(29)34)23-9-7-10-25(21-23)26-16-8-17-33-32-15-5-6-18-35(32)37-36(26)33/h1-33H;1-25H;1-22H. The summed E-state index contributed by atoms with van der Waals surface area (Å²) in [4.78, 5) is 30.1. The Bertz CT molecular complexity index is 9430. The predicted molar refractivity (Wildman–Crippen MR) is 572 cm³/mol. The van der Waals surface area contributed by atoms with E-state index in [1.165, 1.54) is 129 Å². The third kappa shape index (κ3) is 13.9. The van der Waals surface area contributed by atoms with Gasteiger partial charge >= 0.3 is 0 Å². The highest BCUT2D eigenvalue weighted by atomic mass is 32.1. The van der Waals surface area contributed by atoms with Gasteiger partial charge in [-0.3, -0.25) is 4.57 Å². The van der Waals surface area contributed by atoms with Crippen LogP contribution < -0.4 is 0 Å². The van der Waals surface area contributed by atoms with Crippen LogP contribution in [0.4, 0.5) is 0 Å². The quantitative estimate of drug-likeness (QED) is 0.113. The zero-order valence-corrected chi connectivity index (χ0v) is 74.9. The minimum absolute atomic E-state index is 0.585. The molecule has 0 fully saturated rings. The van der Waals surface area contributed by atoms with Gasteiger partial charge in [0, 0.05) is 108 Å². The summed E-state index contributed by atoms with van der Waals surface area (Å²) in [5.74, 6) is 3.80. The van der Waals surface area contributed by atoms with Gasteiger partial charge in [0.1, 0.15) is 0 Å². The lowest BCUT2D eigenvalue weighted by Crippen LogP contribution is -2.07. The molecule has 0 saturated carbocycles. The Morgan fingerprint density at radius 3 is 0.912 bits per heavy atom. The number of hydrogen-bond acceptors (Lipinski definition) is 7. The summed E-state index contributed by atoms with van der Waals surface area (Å²) >= 11 is 1.89. The SMILES string of the molecule is c1cc(-c2ccc3c4ccccc4c4ccccc4c3c2)cc(-c2cccc3c2sc2ccccc23)c1.c1ccc(-c2nc(-c3ccccc3)nc(-c3ccc(-n4c5ccccc5c5cc(-c6ccc7c(c6)c6ccccc6n7-c6ccccc6)ccc54)cc3)n2)cc1.c1ccc(-c2nc(-c3ccccc3)nc(-n3c4ccccc4c4ccc5c6ccccc6n(-c6ccccc6)c5c43)n2)cc1. The molecule has 0 aliphatic heterocycles. The lowest BCUT2D eigenvalue weighted by Gasteiger charge is -2.13. The largest absolute Gasteiger partial charge is 0.309 e. The molecular formula is C126H80N10S. The Morgan fingerprint density at radius 2 is 0.438 bits per heavy atom. The Kier molecular flexibility index (Phi) is 19.6. The molecule has 0 aliphatic rings. The molecule has 28 aromatic rings. The van der Waals surface area contributed by atoms with Gasteiger partial charge in [0.05, 0.1) is 44.1 Å². The van der Waals surface area contributed by atoms with E-state index in [0.29, 0.717) is 35.1 Å². The van der Waals surface area contributed by atoms with Crippen molar-refractivity contribution in [3.8, 4) is 113 Å². The topological polar surface area (TPSA) is 97.1 Å². The molecule has 10 nitrogen and oxygen atoms in total.